The number of cyclic esters (lactones) is 2. The second-order valence-electron chi connectivity index (χ2n) is 3.44. The van der Waals surface area contributed by atoms with Crippen LogP contribution in [0.5, 0.6) is 0 Å². The van der Waals surface area contributed by atoms with Crippen LogP contribution in [0.2, 0.25) is 0 Å². The van der Waals surface area contributed by atoms with Gasteiger partial charge in [0.1, 0.15) is 0 Å². The first-order valence-electron chi connectivity index (χ1n) is 4.68. The molecule has 1 aromatic heterocycles. The fourth-order valence-electron chi connectivity index (χ4n) is 1.56. The average molecular weight is 225 g/mol. The van der Waals surface area contributed by atoms with E-state index in [2.05, 4.69) is 4.74 Å². The number of morpholine rings is 1. The Morgan fingerprint density at radius 2 is 2.07 bits per heavy atom. The smallest absolute Gasteiger partial charge is 0.327 e. The molecule has 0 N–H and O–H groups in total. The molecule has 80 valence electrons. The number of carbonyl (C=O) groups is 2. The molecule has 1 aliphatic heterocycles. The van der Waals surface area contributed by atoms with Crippen molar-refractivity contribution in [1.29, 1.82) is 0 Å². The minimum atomic E-state index is -0.463. The lowest BCUT2D eigenvalue weighted by atomic mass is 10.2. The molecule has 0 bridgehead atoms. The molecule has 1 unspecified atom stereocenters. The predicted octanol–water partition coefficient (Wildman–Crippen LogP) is 1.19. The lowest BCUT2D eigenvalue weighted by Crippen LogP contribution is -2.43. The van der Waals surface area contributed by atoms with Crippen LogP contribution >= 0.6 is 11.3 Å². The highest BCUT2D eigenvalue weighted by molar-refractivity contribution is 7.10. The van der Waals surface area contributed by atoms with Crippen molar-refractivity contribution in [1.82, 2.24) is 4.90 Å². The van der Waals surface area contributed by atoms with E-state index in [9.17, 15) is 9.59 Å². The number of carbonyl (C=O) groups excluding carboxylic acids is 2. The van der Waals surface area contributed by atoms with Gasteiger partial charge in [-0.05, 0) is 18.4 Å². The summed E-state index contributed by atoms with van der Waals surface area (Å²) < 4.78 is 4.47. The Hall–Kier alpha value is -1.20. The Morgan fingerprint density at radius 3 is 2.60 bits per heavy atom. The first kappa shape index (κ1) is 10.3. The highest BCUT2D eigenvalue weighted by atomic mass is 32.1. The van der Waals surface area contributed by atoms with Gasteiger partial charge in [0.05, 0.1) is 13.1 Å². The van der Waals surface area contributed by atoms with Crippen LogP contribution < -0.4 is 0 Å². The van der Waals surface area contributed by atoms with E-state index in [1.54, 1.807) is 11.3 Å². The van der Waals surface area contributed by atoms with Crippen molar-refractivity contribution in [2.45, 2.75) is 13.0 Å². The molecule has 1 fully saturated rings. The van der Waals surface area contributed by atoms with Crippen LogP contribution in [0, 0.1) is 0 Å². The van der Waals surface area contributed by atoms with Crippen molar-refractivity contribution in [3.63, 3.8) is 0 Å². The fourth-order valence-corrected chi connectivity index (χ4v) is 2.38. The molecule has 4 nitrogen and oxygen atoms in total. The summed E-state index contributed by atoms with van der Waals surface area (Å²) in [5.41, 5.74) is 0. The van der Waals surface area contributed by atoms with Crippen LogP contribution in [0.1, 0.15) is 17.8 Å². The van der Waals surface area contributed by atoms with Gasteiger partial charge in [-0.2, -0.15) is 0 Å². The maximum Gasteiger partial charge on any atom is 0.327 e. The highest BCUT2D eigenvalue weighted by Crippen LogP contribution is 2.25. The predicted molar refractivity (Wildman–Crippen MR) is 55.4 cm³/mol. The maximum atomic E-state index is 11.1. The molecule has 0 aromatic carbocycles. The minimum Gasteiger partial charge on any atom is -0.391 e. The van der Waals surface area contributed by atoms with Gasteiger partial charge in [-0.3, -0.25) is 14.5 Å². The van der Waals surface area contributed by atoms with Crippen LogP contribution in [0.15, 0.2) is 17.5 Å². The van der Waals surface area contributed by atoms with Crippen LogP contribution in [0.3, 0.4) is 0 Å². The second-order valence-corrected chi connectivity index (χ2v) is 4.42. The number of ether oxygens (including phenoxy) is 1. The van der Waals surface area contributed by atoms with Crippen LogP contribution in [-0.4, -0.2) is 29.9 Å². The van der Waals surface area contributed by atoms with Gasteiger partial charge in [-0.1, -0.05) is 6.07 Å². The lowest BCUT2D eigenvalue weighted by molar-refractivity contribution is -0.167. The van der Waals surface area contributed by atoms with E-state index in [0.717, 1.165) is 4.88 Å². The van der Waals surface area contributed by atoms with Gasteiger partial charge < -0.3 is 4.74 Å². The highest BCUT2D eigenvalue weighted by Gasteiger charge is 2.29. The number of thiophene rings is 1. The summed E-state index contributed by atoms with van der Waals surface area (Å²) in [5.74, 6) is -0.927. The third-order valence-corrected chi connectivity index (χ3v) is 3.44. The van der Waals surface area contributed by atoms with Crippen molar-refractivity contribution in [2.75, 3.05) is 13.1 Å². The van der Waals surface area contributed by atoms with Gasteiger partial charge in [0, 0.05) is 10.9 Å². The Bertz CT molecular complexity index is 358. The Morgan fingerprint density at radius 1 is 1.40 bits per heavy atom. The monoisotopic (exact) mass is 225 g/mol. The van der Waals surface area contributed by atoms with Crippen LogP contribution in [0.4, 0.5) is 0 Å². The average Bonchev–Trinajstić information content (AvgIpc) is 2.67. The normalized spacial score (nSPS) is 20.1. The Balaban J connectivity index is 2.10. The molecule has 0 radical (unpaired) electrons. The summed E-state index contributed by atoms with van der Waals surface area (Å²) in [6, 6.07) is 4.04. The summed E-state index contributed by atoms with van der Waals surface area (Å²) in [6.07, 6.45) is 0. The number of rotatable bonds is 2. The molecular formula is C10H11NO3S. The van der Waals surface area contributed by atoms with Gasteiger partial charge in [0.15, 0.2) is 0 Å². The van der Waals surface area contributed by atoms with Gasteiger partial charge >= 0.3 is 11.9 Å². The molecule has 0 spiro atoms. The molecule has 0 saturated carbocycles. The summed E-state index contributed by atoms with van der Waals surface area (Å²) in [5, 5.41) is 1.98. The fraction of sp³-hybridized carbons (Fsp3) is 0.400. The van der Waals surface area contributed by atoms with E-state index in [1.165, 1.54) is 0 Å². The van der Waals surface area contributed by atoms with Crippen molar-refractivity contribution in [3.8, 4) is 0 Å². The zero-order valence-corrected chi connectivity index (χ0v) is 9.12. The zero-order chi connectivity index (χ0) is 10.8. The largest absolute Gasteiger partial charge is 0.391 e. The van der Waals surface area contributed by atoms with Crippen molar-refractivity contribution < 1.29 is 14.3 Å². The van der Waals surface area contributed by atoms with E-state index in [0.29, 0.717) is 0 Å². The Kier molecular flexibility index (Phi) is 2.83. The van der Waals surface area contributed by atoms with E-state index in [4.69, 9.17) is 0 Å². The molecule has 1 atom stereocenters. The van der Waals surface area contributed by atoms with Crippen molar-refractivity contribution in [3.05, 3.63) is 22.4 Å². The topological polar surface area (TPSA) is 46.6 Å². The molecular weight excluding hydrogens is 214 g/mol. The van der Waals surface area contributed by atoms with E-state index in [1.807, 2.05) is 29.3 Å². The lowest BCUT2D eigenvalue weighted by Gasteiger charge is -2.29. The summed E-state index contributed by atoms with van der Waals surface area (Å²) in [7, 11) is 0. The summed E-state index contributed by atoms with van der Waals surface area (Å²) >= 11 is 1.62. The standard InChI is InChI=1S/C10H11NO3S/c1-7(8-3-2-4-15-8)11-5-9(12)14-10(13)6-11/h2-4,7H,5-6H2,1H3. The number of nitrogens with zero attached hydrogens (tertiary/aromatic N) is 1. The molecule has 1 aromatic rings. The van der Waals surface area contributed by atoms with Gasteiger partial charge in [0.25, 0.3) is 0 Å². The molecule has 15 heavy (non-hydrogen) atoms. The second kappa shape index (κ2) is 4.12. The van der Waals surface area contributed by atoms with Gasteiger partial charge in [-0.25, -0.2) is 0 Å². The van der Waals surface area contributed by atoms with Gasteiger partial charge in [-0.15, -0.1) is 11.3 Å². The maximum absolute atomic E-state index is 11.1. The molecule has 2 rings (SSSR count). The molecule has 0 aliphatic carbocycles. The quantitative estimate of drug-likeness (QED) is 0.560. The third kappa shape index (κ3) is 2.24. The summed E-state index contributed by atoms with van der Waals surface area (Å²) in [6.45, 7) is 2.35. The first-order chi connectivity index (χ1) is 7.16. The van der Waals surface area contributed by atoms with Crippen LogP contribution in [-0.2, 0) is 14.3 Å². The van der Waals surface area contributed by atoms with Gasteiger partial charge in [0.2, 0.25) is 0 Å². The number of esters is 2. The molecule has 1 aliphatic rings. The van der Waals surface area contributed by atoms with E-state index in [-0.39, 0.29) is 19.1 Å². The molecule has 1 saturated heterocycles. The van der Waals surface area contributed by atoms with E-state index >= 15 is 0 Å². The van der Waals surface area contributed by atoms with Crippen molar-refractivity contribution >= 4 is 23.3 Å². The summed E-state index contributed by atoms with van der Waals surface area (Å²) in [4.78, 5) is 25.1. The molecule has 2 heterocycles. The Labute approximate surface area is 91.5 Å². The third-order valence-electron chi connectivity index (χ3n) is 2.39. The minimum absolute atomic E-state index is 0.0850. The van der Waals surface area contributed by atoms with Crippen molar-refractivity contribution in [2.24, 2.45) is 0 Å². The van der Waals surface area contributed by atoms with E-state index < -0.39 is 11.9 Å². The van der Waals surface area contributed by atoms with Crippen LogP contribution in [0.25, 0.3) is 0 Å². The molecule has 5 heteroatoms. The SMILES string of the molecule is CC(c1cccs1)N1CC(=O)OC(=O)C1. The zero-order valence-electron chi connectivity index (χ0n) is 8.30. The first-order valence-corrected chi connectivity index (χ1v) is 5.56. The number of hydrogen-bond donors (Lipinski definition) is 0. The molecule has 0 amide bonds. The number of hydrogen-bond acceptors (Lipinski definition) is 5.